The largest absolute Gasteiger partial charge is 0.352 e. The van der Waals surface area contributed by atoms with Gasteiger partial charge in [-0.1, -0.05) is 23.7 Å². The maximum absolute atomic E-state index is 12.2. The molecule has 0 heterocycles. The third-order valence-corrected chi connectivity index (χ3v) is 3.12. The first-order valence-electron chi connectivity index (χ1n) is 6.56. The number of rotatable bonds is 4. The molecule has 0 saturated heterocycles. The van der Waals surface area contributed by atoms with E-state index in [-0.39, 0.29) is 11.8 Å². The lowest BCUT2D eigenvalue weighted by Gasteiger charge is -2.10. The quantitative estimate of drug-likeness (QED) is 0.910. The van der Waals surface area contributed by atoms with E-state index in [2.05, 4.69) is 10.6 Å². The molecule has 0 unspecified atom stereocenters. The third kappa shape index (κ3) is 3.83. The Hall–Kier alpha value is -2.33. The van der Waals surface area contributed by atoms with Crippen LogP contribution in [0.1, 0.15) is 27.6 Å². The van der Waals surface area contributed by atoms with Crippen LogP contribution in [0.15, 0.2) is 48.5 Å². The molecule has 0 bridgehead atoms. The molecule has 0 aliphatic rings. The van der Waals surface area contributed by atoms with E-state index in [0.717, 1.165) is 0 Å². The summed E-state index contributed by atoms with van der Waals surface area (Å²) in [7, 11) is 0. The Bertz CT molecular complexity index is 654. The van der Waals surface area contributed by atoms with Crippen LogP contribution in [0.2, 0.25) is 5.02 Å². The molecule has 0 spiro atoms. The zero-order valence-electron chi connectivity index (χ0n) is 11.5. The van der Waals surface area contributed by atoms with Gasteiger partial charge in [-0.2, -0.15) is 0 Å². The van der Waals surface area contributed by atoms with Crippen LogP contribution in [0, 0.1) is 0 Å². The summed E-state index contributed by atoms with van der Waals surface area (Å²) in [5.74, 6) is -0.507. The van der Waals surface area contributed by atoms with E-state index in [1.54, 1.807) is 48.5 Å². The van der Waals surface area contributed by atoms with Crippen LogP contribution in [0.25, 0.3) is 0 Å². The Morgan fingerprint density at radius 3 is 2.33 bits per heavy atom. The van der Waals surface area contributed by atoms with Crippen LogP contribution in [0.5, 0.6) is 0 Å². The summed E-state index contributed by atoms with van der Waals surface area (Å²) in [5.41, 5.74) is 1.38. The topological polar surface area (TPSA) is 58.2 Å². The summed E-state index contributed by atoms with van der Waals surface area (Å²) >= 11 is 5.79. The summed E-state index contributed by atoms with van der Waals surface area (Å²) < 4.78 is 0. The van der Waals surface area contributed by atoms with Crippen LogP contribution >= 0.6 is 11.6 Å². The Labute approximate surface area is 128 Å². The van der Waals surface area contributed by atoms with E-state index < -0.39 is 0 Å². The van der Waals surface area contributed by atoms with Gasteiger partial charge in [-0.05, 0) is 43.3 Å². The molecule has 0 aliphatic heterocycles. The second-order valence-corrected chi connectivity index (χ2v) is 4.80. The van der Waals surface area contributed by atoms with Crippen molar-refractivity contribution >= 4 is 29.1 Å². The van der Waals surface area contributed by atoms with Crippen LogP contribution in [-0.4, -0.2) is 18.4 Å². The normalized spacial score (nSPS) is 10.0. The van der Waals surface area contributed by atoms with Gasteiger partial charge in [0.15, 0.2) is 0 Å². The molecule has 2 amide bonds. The number of benzene rings is 2. The van der Waals surface area contributed by atoms with Gasteiger partial charge in [0.2, 0.25) is 0 Å². The molecule has 2 rings (SSSR count). The molecule has 2 aromatic rings. The fourth-order valence-electron chi connectivity index (χ4n) is 1.84. The zero-order valence-corrected chi connectivity index (χ0v) is 12.3. The molecular formula is C16H15ClN2O2. The average molecular weight is 303 g/mol. The van der Waals surface area contributed by atoms with E-state index >= 15 is 0 Å². The first kappa shape index (κ1) is 15.1. The standard InChI is InChI=1S/C16H15ClN2O2/c1-2-18-16(21)13-5-3-4-6-14(13)19-15(20)11-7-9-12(17)10-8-11/h3-10H,2H2,1H3,(H,18,21)(H,19,20). The van der Waals surface area contributed by atoms with E-state index in [9.17, 15) is 9.59 Å². The molecule has 4 nitrogen and oxygen atoms in total. The van der Waals surface area contributed by atoms with Crippen molar-refractivity contribution in [2.75, 3.05) is 11.9 Å². The summed E-state index contributed by atoms with van der Waals surface area (Å²) in [6.45, 7) is 2.37. The molecule has 0 saturated carbocycles. The van der Waals surface area contributed by atoms with Gasteiger partial charge in [0, 0.05) is 17.1 Å². The minimum absolute atomic E-state index is 0.218. The minimum Gasteiger partial charge on any atom is -0.352 e. The Kier molecular flexibility index (Phi) is 4.95. The van der Waals surface area contributed by atoms with Gasteiger partial charge >= 0.3 is 0 Å². The number of carbonyl (C=O) groups is 2. The number of anilines is 1. The highest BCUT2D eigenvalue weighted by molar-refractivity contribution is 6.30. The summed E-state index contributed by atoms with van der Waals surface area (Å²) in [6.07, 6.45) is 0. The molecule has 108 valence electrons. The molecule has 0 atom stereocenters. The number of halogens is 1. The van der Waals surface area contributed by atoms with Crippen molar-refractivity contribution in [1.82, 2.24) is 5.32 Å². The van der Waals surface area contributed by atoms with Crippen molar-refractivity contribution < 1.29 is 9.59 Å². The molecule has 2 aromatic carbocycles. The summed E-state index contributed by atoms with van der Waals surface area (Å²) in [5, 5.41) is 6.02. The SMILES string of the molecule is CCNC(=O)c1ccccc1NC(=O)c1ccc(Cl)cc1. The van der Waals surface area contributed by atoms with E-state index in [0.29, 0.717) is 28.4 Å². The maximum Gasteiger partial charge on any atom is 0.255 e. The summed E-state index contributed by atoms with van der Waals surface area (Å²) in [6, 6.07) is 13.4. The zero-order chi connectivity index (χ0) is 15.2. The predicted octanol–water partition coefficient (Wildman–Crippen LogP) is 3.34. The van der Waals surface area contributed by atoms with Gasteiger partial charge in [0.25, 0.3) is 11.8 Å². The number of amides is 2. The Morgan fingerprint density at radius 1 is 1.00 bits per heavy atom. The van der Waals surface area contributed by atoms with Crippen molar-refractivity contribution in [2.45, 2.75) is 6.92 Å². The van der Waals surface area contributed by atoms with Gasteiger partial charge in [-0.3, -0.25) is 9.59 Å². The predicted molar refractivity (Wildman–Crippen MR) is 83.9 cm³/mol. The second kappa shape index (κ2) is 6.90. The third-order valence-electron chi connectivity index (χ3n) is 2.86. The van der Waals surface area contributed by atoms with E-state index in [1.165, 1.54) is 0 Å². The molecule has 0 aromatic heterocycles. The number of hydrogen-bond acceptors (Lipinski definition) is 2. The van der Waals surface area contributed by atoms with Gasteiger partial charge in [0.05, 0.1) is 11.3 Å². The van der Waals surface area contributed by atoms with Crippen molar-refractivity contribution in [2.24, 2.45) is 0 Å². The number of nitrogens with one attached hydrogen (secondary N) is 2. The van der Waals surface area contributed by atoms with Crippen molar-refractivity contribution in [3.05, 3.63) is 64.7 Å². The molecule has 0 aliphatic carbocycles. The monoisotopic (exact) mass is 302 g/mol. The van der Waals surface area contributed by atoms with E-state index in [4.69, 9.17) is 11.6 Å². The van der Waals surface area contributed by atoms with Crippen molar-refractivity contribution in [3.8, 4) is 0 Å². The lowest BCUT2D eigenvalue weighted by Crippen LogP contribution is -2.24. The lowest BCUT2D eigenvalue weighted by molar-refractivity contribution is 0.0956. The van der Waals surface area contributed by atoms with Crippen LogP contribution in [0.4, 0.5) is 5.69 Å². The molecular weight excluding hydrogens is 288 g/mol. The molecule has 2 N–H and O–H groups in total. The smallest absolute Gasteiger partial charge is 0.255 e. The maximum atomic E-state index is 12.2. The van der Waals surface area contributed by atoms with Gasteiger partial charge in [-0.25, -0.2) is 0 Å². The first-order chi connectivity index (χ1) is 10.1. The Morgan fingerprint density at radius 2 is 1.67 bits per heavy atom. The van der Waals surface area contributed by atoms with Crippen LogP contribution < -0.4 is 10.6 Å². The molecule has 0 fully saturated rings. The van der Waals surface area contributed by atoms with Crippen LogP contribution in [0.3, 0.4) is 0 Å². The highest BCUT2D eigenvalue weighted by Gasteiger charge is 2.13. The molecule has 0 radical (unpaired) electrons. The summed E-state index contributed by atoms with van der Waals surface area (Å²) in [4.78, 5) is 24.1. The van der Waals surface area contributed by atoms with Crippen molar-refractivity contribution in [1.29, 1.82) is 0 Å². The number of hydrogen-bond donors (Lipinski definition) is 2. The second-order valence-electron chi connectivity index (χ2n) is 4.37. The van der Waals surface area contributed by atoms with Crippen LogP contribution in [-0.2, 0) is 0 Å². The highest BCUT2D eigenvalue weighted by atomic mass is 35.5. The minimum atomic E-state index is -0.289. The average Bonchev–Trinajstić information content (AvgIpc) is 2.48. The highest BCUT2D eigenvalue weighted by Crippen LogP contribution is 2.17. The molecule has 5 heteroatoms. The molecule has 21 heavy (non-hydrogen) atoms. The van der Waals surface area contributed by atoms with Crippen molar-refractivity contribution in [3.63, 3.8) is 0 Å². The Balaban J connectivity index is 2.21. The first-order valence-corrected chi connectivity index (χ1v) is 6.93. The fourth-order valence-corrected chi connectivity index (χ4v) is 1.97. The van der Waals surface area contributed by atoms with Gasteiger partial charge in [0.1, 0.15) is 0 Å². The van der Waals surface area contributed by atoms with E-state index in [1.807, 2.05) is 6.92 Å². The van der Waals surface area contributed by atoms with Gasteiger partial charge < -0.3 is 10.6 Å². The fraction of sp³-hybridized carbons (Fsp3) is 0.125. The number of para-hydroxylation sites is 1. The lowest BCUT2D eigenvalue weighted by atomic mass is 10.1. The number of carbonyl (C=O) groups excluding carboxylic acids is 2. The van der Waals surface area contributed by atoms with Gasteiger partial charge in [-0.15, -0.1) is 0 Å².